The first-order valence-electron chi connectivity index (χ1n) is 4.27. The molecule has 0 fully saturated rings. The van der Waals surface area contributed by atoms with Crippen LogP contribution in [0.4, 0.5) is 0 Å². The van der Waals surface area contributed by atoms with Crippen LogP contribution in [0.3, 0.4) is 0 Å². The van der Waals surface area contributed by atoms with Gasteiger partial charge in [-0.3, -0.25) is 4.79 Å². The Morgan fingerprint density at radius 1 is 1.57 bits per heavy atom. The Hall–Kier alpha value is -0.890. The van der Waals surface area contributed by atoms with Gasteiger partial charge in [-0.15, -0.1) is 0 Å². The van der Waals surface area contributed by atoms with Gasteiger partial charge in [0.25, 0.3) is 0 Å². The number of nitriles is 1. The molecule has 0 radical (unpaired) electrons. The first-order valence-corrected chi connectivity index (χ1v) is 5.34. The molecular formula is C11H10INO. The van der Waals surface area contributed by atoms with Gasteiger partial charge in [-0.2, -0.15) is 5.26 Å². The standard InChI is InChI=1S/C11H10INO/c1-7-4-3-5-9(10(7)12)11(14)8(2)6-13/h3-5,8H,1-2H3. The fourth-order valence-electron chi connectivity index (χ4n) is 1.13. The predicted octanol–water partition coefficient (Wildman–Crippen LogP) is 2.94. The molecule has 0 saturated carbocycles. The van der Waals surface area contributed by atoms with Gasteiger partial charge in [0.1, 0.15) is 5.92 Å². The van der Waals surface area contributed by atoms with E-state index in [1.54, 1.807) is 13.0 Å². The second-order valence-corrected chi connectivity index (χ2v) is 4.23. The maximum absolute atomic E-state index is 11.7. The van der Waals surface area contributed by atoms with Crippen molar-refractivity contribution in [2.24, 2.45) is 5.92 Å². The third-order valence-electron chi connectivity index (χ3n) is 2.04. The Labute approximate surface area is 97.1 Å². The Balaban J connectivity index is 3.15. The molecule has 0 spiro atoms. The highest BCUT2D eigenvalue weighted by molar-refractivity contribution is 14.1. The van der Waals surface area contributed by atoms with Crippen molar-refractivity contribution in [2.45, 2.75) is 13.8 Å². The van der Waals surface area contributed by atoms with Gasteiger partial charge < -0.3 is 0 Å². The van der Waals surface area contributed by atoms with E-state index >= 15 is 0 Å². The first kappa shape index (κ1) is 11.2. The predicted molar refractivity (Wildman–Crippen MR) is 63.0 cm³/mol. The third-order valence-corrected chi connectivity index (χ3v) is 3.48. The van der Waals surface area contributed by atoms with Gasteiger partial charge in [-0.25, -0.2) is 0 Å². The number of halogens is 1. The van der Waals surface area contributed by atoms with E-state index in [1.165, 1.54) is 0 Å². The Morgan fingerprint density at radius 3 is 2.79 bits per heavy atom. The molecule has 2 nitrogen and oxygen atoms in total. The van der Waals surface area contributed by atoms with Crippen LogP contribution in [-0.2, 0) is 0 Å². The molecule has 14 heavy (non-hydrogen) atoms. The molecule has 1 unspecified atom stereocenters. The van der Waals surface area contributed by atoms with Gasteiger partial charge in [-0.1, -0.05) is 18.2 Å². The monoisotopic (exact) mass is 299 g/mol. The maximum atomic E-state index is 11.7. The van der Waals surface area contributed by atoms with Crippen molar-refractivity contribution in [1.82, 2.24) is 0 Å². The second-order valence-electron chi connectivity index (χ2n) is 3.15. The summed E-state index contributed by atoms with van der Waals surface area (Å²) >= 11 is 2.14. The SMILES string of the molecule is Cc1cccc(C(=O)C(C)C#N)c1I. The minimum absolute atomic E-state index is 0.0967. The lowest BCUT2D eigenvalue weighted by Crippen LogP contribution is -2.11. The summed E-state index contributed by atoms with van der Waals surface area (Å²) in [5.74, 6) is -0.661. The van der Waals surface area contributed by atoms with Gasteiger partial charge in [0.05, 0.1) is 6.07 Å². The molecule has 1 rings (SSSR count). The van der Waals surface area contributed by atoms with E-state index in [0.29, 0.717) is 5.56 Å². The second kappa shape index (κ2) is 4.56. The van der Waals surface area contributed by atoms with Crippen molar-refractivity contribution >= 4 is 28.4 Å². The largest absolute Gasteiger partial charge is 0.293 e. The van der Waals surface area contributed by atoms with Crippen molar-refractivity contribution in [2.75, 3.05) is 0 Å². The van der Waals surface area contributed by atoms with Gasteiger partial charge in [0.2, 0.25) is 0 Å². The summed E-state index contributed by atoms with van der Waals surface area (Å²) in [4.78, 5) is 11.7. The van der Waals surface area contributed by atoms with Gasteiger partial charge in [0, 0.05) is 9.13 Å². The van der Waals surface area contributed by atoms with Crippen molar-refractivity contribution in [3.8, 4) is 6.07 Å². The van der Waals surface area contributed by atoms with Crippen molar-refractivity contribution in [1.29, 1.82) is 5.26 Å². The lowest BCUT2D eigenvalue weighted by molar-refractivity contribution is 0.0955. The zero-order chi connectivity index (χ0) is 10.7. The number of carbonyl (C=O) groups excluding carboxylic acids is 1. The number of rotatable bonds is 2. The summed E-state index contributed by atoms with van der Waals surface area (Å²) in [6.45, 7) is 3.58. The number of aryl methyl sites for hydroxylation is 1. The molecule has 0 amide bonds. The number of ketones is 1. The molecule has 1 aromatic rings. The topological polar surface area (TPSA) is 40.9 Å². The first-order chi connectivity index (χ1) is 6.57. The van der Waals surface area contributed by atoms with Crippen LogP contribution >= 0.6 is 22.6 Å². The molecule has 0 N–H and O–H groups in total. The highest BCUT2D eigenvalue weighted by Crippen LogP contribution is 2.19. The summed E-state index contributed by atoms with van der Waals surface area (Å²) in [7, 11) is 0. The Kier molecular flexibility index (Phi) is 3.64. The molecular weight excluding hydrogens is 289 g/mol. The maximum Gasteiger partial charge on any atom is 0.180 e. The molecule has 0 aliphatic heterocycles. The van der Waals surface area contributed by atoms with E-state index in [1.807, 2.05) is 25.1 Å². The molecule has 72 valence electrons. The van der Waals surface area contributed by atoms with E-state index in [9.17, 15) is 4.79 Å². The number of nitrogens with zero attached hydrogens (tertiary/aromatic N) is 1. The van der Waals surface area contributed by atoms with Gasteiger partial charge >= 0.3 is 0 Å². The fraction of sp³-hybridized carbons (Fsp3) is 0.273. The van der Waals surface area contributed by atoms with Crippen molar-refractivity contribution in [3.63, 3.8) is 0 Å². The number of carbonyl (C=O) groups is 1. The zero-order valence-corrected chi connectivity index (χ0v) is 10.2. The van der Waals surface area contributed by atoms with Crippen LogP contribution in [0.1, 0.15) is 22.8 Å². The Morgan fingerprint density at radius 2 is 2.21 bits per heavy atom. The van der Waals surface area contributed by atoms with E-state index in [0.717, 1.165) is 9.13 Å². The highest BCUT2D eigenvalue weighted by Gasteiger charge is 2.17. The summed E-state index contributed by atoms with van der Waals surface area (Å²) in [6.07, 6.45) is 0. The Bertz CT molecular complexity index is 406. The van der Waals surface area contributed by atoms with Crippen LogP contribution < -0.4 is 0 Å². The lowest BCUT2D eigenvalue weighted by Gasteiger charge is -2.06. The summed E-state index contributed by atoms with van der Waals surface area (Å²) in [5, 5.41) is 8.65. The molecule has 0 bridgehead atoms. The molecule has 1 atom stereocenters. The molecule has 0 aromatic heterocycles. The van der Waals surface area contributed by atoms with Crippen LogP contribution in [-0.4, -0.2) is 5.78 Å². The molecule has 0 saturated heterocycles. The van der Waals surface area contributed by atoms with E-state index in [2.05, 4.69) is 22.6 Å². The van der Waals surface area contributed by atoms with Crippen LogP contribution in [0.2, 0.25) is 0 Å². The normalized spacial score (nSPS) is 11.9. The van der Waals surface area contributed by atoms with E-state index in [4.69, 9.17) is 5.26 Å². The molecule has 0 heterocycles. The number of hydrogen-bond acceptors (Lipinski definition) is 2. The number of benzene rings is 1. The van der Waals surface area contributed by atoms with Crippen LogP contribution in [0, 0.1) is 27.7 Å². The quantitative estimate of drug-likeness (QED) is 0.622. The van der Waals surface area contributed by atoms with Gasteiger partial charge in [0.15, 0.2) is 5.78 Å². The van der Waals surface area contributed by atoms with Crippen molar-refractivity contribution < 1.29 is 4.79 Å². The average Bonchev–Trinajstić information content (AvgIpc) is 2.20. The van der Waals surface area contributed by atoms with Crippen LogP contribution in [0.5, 0.6) is 0 Å². The van der Waals surface area contributed by atoms with E-state index < -0.39 is 5.92 Å². The smallest absolute Gasteiger partial charge is 0.180 e. The summed E-state index contributed by atoms with van der Waals surface area (Å²) in [5.41, 5.74) is 1.72. The van der Waals surface area contributed by atoms with Gasteiger partial charge in [-0.05, 0) is 42.0 Å². The third kappa shape index (κ3) is 2.13. The zero-order valence-electron chi connectivity index (χ0n) is 8.04. The van der Waals surface area contributed by atoms with Crippen molar-refractivity contribution in [3.05, 3.63) is 32.9 Å². The fourth-order valence-corrected chi connectivity index (χ4v) is 1.75. The lowest BCUT2D eigenvalue weighted by atomic mass is 9.99. The minimum Gasteiger partial charge on any atom is -0.293 e. The van der Waals surface area contributed by atoms with E-state index in [-0.39, 0.29) is 5.78 Å². The number of Topliss-reactive ketones (excluding diaryl/α,β-unsaturated/α-hetero) is 1. The molecule has 0 aliphatic rings. The molecule has 0 aliphatic carbocycles. The minimum atomic E-state index is -0.565. The molecule has 3 heteroatoms. The summed E-state index contributed by atoms with van der Waals surface area (Å²) in [6, 6.07) is 7.52. The molecule has 1 aromatic carbocycles. The van der Waals surface area contributed by atoms with Crippen LogP contribution in [0.15, 0.2) is 18.2 Å². The average molecular weight is 299 g/mol. The number of hydrogen-bond donors (Lipinski definition) is 0. The highest BCUT2D eigenvalue weighted by atomic mass is 127. The summed E-state index contributed by atoms with van der Waals surface area (Å²) < 4.78 is 0.942. The van der Waals surface area contributed by atoms with Crippen LogP contribution in [0.25, 0.3) is 0 Å².